The average Bonchev–Trinajstić information content (AvgIpc) is 2.37. The van der Waals surface area contributed by atoms with Crippen LogP contribution in [0.15, 0.2) is 22.7 Å². The van der Waals surface area contributed by atoms with Crippen LogP contribution in [0.5, 0.6) is 5.75 Å². The van der Waals surface area contributed by atoms with E-state index in [1.54, 1.807) is 19.2 Å². The highest BCUT2D eigenvalue weighted by molar-refractivity contribution is 9.10. The van der Waals surface area contributed by atoms with Gasteiger partial charge in [0.25, 0.3) is 5.91 Å². The van der Waals surface area contributed by atoms with Gasteiger partial charge in [-0.15, -0.1) is 0 Å². The Morgan fingerprint density at radius 2 is 2.16 bits per heavy atom. The predicted molar refractivity (Wildman–Crippen MR) is 80.5 cm³/mol. The lowest BCUT2D eigenvalue weighted by Gasteiger charge is -2.33. The van der Waals surface area contributed by atoms with E-state index in [1.807, 2.05) is 26.8 Å². The second kappa shape index (κ2) is 6.39. The zero-order chi connectivity index (χ0) is 14.6. The number of amides is 1. The molecule has 0 saturated carbocycles. The molecule has 5 heteroatoms. The van der Waals surface area contributed by atoms with E-state index in [0.717, 1.165) is 4.47 Å². The molecule has 1 atom stereocenters. The summed E-state index contributed by atoms with van der Waals surface area (Å²) in [5, 5.41) is 2.99. The SMILES string of the molecule is COc1cc(Br)ccc1C(=O)NC(C)(CN)C(C)C. The second-order valence-electron chi connectivity index (χ2n) is 5.08. The van der Waals surface area contributed by atoms with Crippen molar-refractivity contribution < 1.29 is 9.53 Å². The topological polar surface area (TPSA) is 64.3 Å². The number of benzene rings is 1. The fourth-order valence-corrected chi connectivity index (χ4v) is 1.95. The number of nitrogens with one attached hydrogen (secondary N) is 1. The number of nitrogens with two attached hydrogens (primary N) is 1. The Bertz CT molecular complexity index is 463. The van der Waals surface area contributed by atoms with Gasteiger partial charge in [0.05, 0.1) is 18.2 Å². The van der Waals surface area contributed by atoms with E-state index < -0.39 is 5.54 Å². The van der Waals surface area contributed by atoms with Gasteiger partial charge >= 0.3 is 0 Å². The van der Waals surface area contributed by atoms with E-state index in [4.69, 9.17) is 10.5 Å². The van der Waals surface area contributed by atoms with Crippen molar-refractivity contribution in [3.8, 4) is 5.75 Å². The third-order valence-corrected chi connectivity index (χ3v) is 4.00. The lowest BCUT2D eigenvalue weighted by molar-refractivity contribution is 0.0880. The molecule has 106 valence electrons. The first-order chi connectivity index (χ1) is 8.84. The molecule has 1 aromatic rings. The maximum Gasteiger partial charge on any atom is 0.255 e. The number of carbonyl (C=O) groups is 1. The molecule has 0 aliphatic heterocycles. The summed E-state index contributed by atoms with van der Waals surface area (Å²) >= 11 is 3.35. The second-order valence-corrected chi connectivity index (χ2v) is 5.99. The zero-order valence-corrected chi connectivity index (χ0v) is 13.4. The van der Waals surface area contributed by atoms with Crippen LogP contribution in [-0.2, 0) is 0 Å². The third kappa shape index (κ3) is 3.70. The first kappa shape index (κ1) is 16.0. The van der Waals surface area contributed by atoms with Crippen molar-refractivity contribution >= 4 is 21.8 Å². The van der Waals surface area contributed by atoms with E-state index in [-0.39, 0.29) is 11.8 Å². The Morgan fingerprint density at radius 1 is 1.53 bits per heavy atom. The van der Waals surface area contributed by atoms with E-state index in [1.165, 1.54) is 0 Å². The molecule has 0 aromatic heterocycles. The molecule has 1 amide bonds. The number of rotatable bonds is 5. The molecule has 0 aliphatic carbocycles. The van der Waals surface area contributed by atoms with Crippen LogP contribution < -0.4 is 15.8 Å². The number of hydrogen-bond acceptors (Lipinski definition) is 3. The summed E-state index contributed by atoms with van der Waals surface area (Å²) in [4.78, 5) is 12.4. The molecular weight excluding hydrogens is 308 g/mol. The lowest BCUT2D eigenvalue weighted by atomic mass is 9.88. The first-order valence-electron chi connectivity index (χ1n) is 6.20. The molecule has 1 rings (SSSR count). The number of halogens is 1. The summed E-state index contributed by atoms with van der Waals surface area (Å²) < 4.78 is 6.10. The lowest BCUT2D eigenvalue weighted by Crippen LogP contribution is -2.55. The Balaban J connectivity index is 3.01. The summed E-state index contributed by atoms with van der Waals surface area (Å²) in [6.45, 7) is 6.40. The Kier molecular flexibility index (Phi) is 5.38. The van der Waals surface area contributed by atoms with Gasteiger partial charge in [-0.2, -0.15) is 0 Å². The zero-order valence-electron chi connectivity index (χ0n) is 11.8. The van der Waals surface area contributed by atoms with Crippen LogP contribution in [0.3, 0.4) is 0 Å². The summed E-state index contributed by atoms with van der Waals surface area (Å²) in [7, 11) is 1.54. The van der Waals surface area contributed by atoms with Gasteiger partial charge in [-0.3, -0.25) is 4.79 Å². The van der Waals surface area contributed by atoms with Gasteiger partial charge in [0, 0.05) is 11.0 Å². The minimum atomic E-state index is -0.435. The Labute approximate surface area is 122 Å². The minimum absolute atomic E-state index is 0.175. The minimum Gasteiger partial charge on any atom is -0.496 e. The summed E-state index contributed by atoms with van der Waals surface area (Å²) in [6, 6.07) is 5.31. The standard InChI is InChI=1S/C14H21BrN2O2/c1-9(2)14(3,8-16)17-13(18)11-6-5-10(15)7-12(11)19-4/h5-7,9H,8,16H2,1-4H3,(H,17,18). The molecule has 0 fully saturated rings. The van der Waals surface area contributed by atoms with Crippen LogP contribution in [0, 0.1) is 5.92 Å². The molecule has 0 radical (unpaired) electrons. The number of ether oxygens (including phenoxy) is 1. The smallest absolute Gasteiger partial charge is 0.255 e. The van der Waals surface area contributed by atoms with Crippen molar-refractivity contribution in [3.63, 3.8) is 0 Å². The van der Waals surface area contributed by atoms with Crippen molar-refractivity contribution in [1.82, 2.24) is 5.32 Å². The summed E-state index contributed by atoms with van der Waals surface area (Å²) in [6.07, 6.45) is 0. The van der Waals surface area contributed by atoms with E-state index >= 15 is 0 Å². The van der Waals surface area contributed by atoms with Crippen molar-refractivity contribution in [2.24, 2.45) is 11.7 Å². The predicted octanol–water partition coefficient (Wildman–Crippen LogP) is 2.56. The molecular formula is C14H21BrN2O2. The van der Waals surface area contributed by atoms with Crippen molar-refractivity contribution in [2.75, 3.05) is 13.7 Å². The van der Waals surface area contributed by atoms with Gasteiger partial charge in [0.2, 0.25) is 0 Å². The summed E-state index contributed by atoms with van der Waals surface area (Å²) in [5.41, 5.74) is 5.85. The Hall–Kier alpha value is -1.07. The van der Waals surface area contributed by atoms with Crippen molar-refractivity contribution in [3.05, 3.63) is 28.2 Å². The molecule has 19 heavy (non-hydrogen) atoms. The third-order valence-electron chi connectivity index (χ3n) is 3.51. The van der Waals surface area contributed by atoms with Crippen LogP contribution in [0.2, 0.25) is 0 Å². The van der Waals surface area contributed by atoms with Crippen molar-refractivity contribution in [2.45, 2.75) is 26.3 Å². The van der Waals surface area contributed by atoms with Gasteiger partial charge in [0.15, 0.2) is 0 Å². The highest BCUT2D eigenvalue weighted by atomic mass is 79.9. The van der Waals surface area contributed by atoms with E-state index in [0.29, 0.717) is 17.9 Å². The van der Waals surface area contributed by atoms with Crippen LogP contribution >= 0.6 is 15.9 Å². The number of carbonyl (C=O) groups excluding carboxylic acids is 1. The maximum atomic E-state index is 12.4. The maximum absolute atomic E-state index is 12.4. The molecule has 4 nitrogen and oxygen atoms in total. The van der Waals surface area contributed by atoms with Crippen LogP contribution in [0.1, 0.15) is 31.1 Å². The number of hydrogen-bond donors (Lipinski definition) is 2. The molecule has 1 unspecified atom stereocenters. The Morgan fingerprint density at radius 3 is 2.63 bits per heavy atom. The highest BCUT2D eigenvalue weighted by Crippen LogP contribution is 2.24. The highest BCUT2D eigenvalue weighted by Gasteiger charge is 2.29. The van der Waals surface area contributed by atoms with Crippen molar-refractivity contribution in [1.29, 1.82) is 0 Å². The van der Waals surface area contributed by atoms with Gasteiger partial charge < -0.3 is 15.8 Å². The van der Waals surface area contributed by atoms with E-state index in [9.17, 15) is 4.79 Å². The van der Waals surface area contributed by atoms with E-state index in [2.05, 4.69) is 21.2 Å². The fourth-order valence-electron chi connectivity index (χ4n) is 1.61. The van der Waals surface area contributed by atoms with Crippen LogP contribution in [0.25, 0.3) is 0 Å². The van der Waals surface area contributed by atoms with Gasteiger partial charge in [-0.1, -0.05) is 29.8 Å². The van der Waals surface area contributed by atoms with Gasteiger partial charge in [0.1, 0.15) is 5.75 Å². The normalized spacial score (nSPS) is 14.1. The molecule has 0 bridgehead atoms. The number of methoxy groups -OCH3 is 1. The fraction of sp³-hybridized carbons (Fsp3) is 0.500. The largest absolute Gasteiger partial charge is 0.496 e. The quantitative estimate of drug-likeness (QED) is 0.873. The first-order valence-corrected chi connectivity index (χ1v) is 6.99. The summed E-state index contributed by atoms with van der Waals surface area (Å²) in [5.74, 6) is 0.601. The van der Waals surface area contributed by atoms with Gasteiger partial charge in [-0.05, 0) is 31.0 Å². The van der Waals surface area contributed by atoms with Crippen LogP contribution in [0.4, 0.5) is 0 Å². The molecule has 0 saturated heterocycles. The molecule has 0 aliphatic rings. The average molecular weight is 329 g/mol. The van der Waals surface area contributed by atoms with Gasteiger partial charge in [-0.25, -0.2) is 0 Å². The molecule has 0 heterocycles. The monoisotopic (exact) mass is 328 g/mol. The molecule has 3 N–H and O–H groups in total. The molecule has 0 spiro atoms. The molecule has 1 aromatic carbocycles. The van der Waals surface area contributed by atoms with Crippen LogP contribution in [-0.4, -0.2) is 25.1 Å².